The summed E-state index contributed by atoms with van der Waals surface area (Å²) < 4.78 is 7.06. The number of non-ortho nitro benzene ring substituents is 1. The first-order valence-electron chi connectivity index (χ1n) is 7.56. The fraction of sp³-hybridized carbons (Fsp3) is 0.188. The zero-order chi connectivity index (χ0) is 18.7. The molecule has 1 aromatic carbocycles. The molecule has 2 heterocycles. The number of benzene rings is 1. The van der Waals surface area contributed by atoms with Crippen molar-refractivity contribution in [3.8, 4) is 11.4 Å². The number of thioether (sulfide) groups is 1. The van der Waals surface area contributed by atoms with Gasteiger partial charge in [-0.2, -0.15) is 0 Å². The van der Waals surface area contributed by atoms with E-state index in [4.69, 9.17) is 4.42 Å². The lowest BCUT2D eigenvalue weighted by Gasteiger charge is -2.05. The van der Waals surface area contributed by atoms with Gasteiger partial charge in [-0.1, -0.05) is 17.8 Å². The van der Waals surface area contributed by atoms with E-state index in [1.54, 1.807) is 16.9 Å². The molecule has 0 unspecified atom stereocenters. The second-order valence-electron chi connectivity index (χ2n) is 5.40. The number of aryl methyl sites for hydroxylation is 1. The summed E-state index contributed by atoms with van der Waals surface area (Å²) >= 11 is 1.22. The maximum absolute atomic E-state index is 12.1. The Morgan fingerprint density at radius 3 is 2.88 bits per heavy atom. The summed E-state index contributed by atoms with van der Waals surface area (Å²) in [5, 5.41) is 22.2. The first-order valence-corrected chi connectivity index (χ1v) is 8.55. The molecule has 9 nitrogen and oxygen atoms in total. The van der Waals surface area contributed by atoms with Crippen LogP contribution in [0, 0.1) is 17.0 Å². The molecule has 0 aliphatic carbocycles. The van der Waals surface area contributed by atoms with E-state index in [1.165, 1.54) is 30.0 Å². The maximum atomic E-state index is 12.1. The highest BCUT2D eigenvalue weighted by Crippen LogP contribution is 2.26. The van der Waals surface area contributed by atoms with Crippen LogP contribution in [0.25, 0.3) is 11.4 Å². The van der Waals surface area contributed by atoms with Gasteiger partial charge in [0.1, 0.15) is 5.76 Å². The monoisotopic (exact) mass is 373 g/mol. The first kappa shape index (κ1) is 17.7. The van der Waals surface area contributed by atoms with Gasteiger partial charge in [0.15, 0.2) is 11.0 Å². The lowest BCUT2D eigenvalue weighted by Crippen LogP contribution is -2.14. The fourth-order valence-electron chi connectivity index (χ4n) is 2.32. The van der Waals surface area contributed by atoms with Crippen molar-refractivity contribution in [3.63, 3.8) is 0 Å². The highest BCUT2D eigenvalue weighted by Gasteiger charge is 2.16. The summed E-state index contributed by atoms with van der Waals surface area (Å²) in [6.07, 6.45) is 1.58. The number of nitro groups is 1. The topological polar surface area (TPSA) is 116 Å². The largest absolute Gasteiger partial charge is 0.469 e. The average Bonchev–Trinajstić information content (AvgIpc) is 3.18. The number of aromatic nitrogens is 3. The van der Waals surface area contributed by atoms with E-state index in [9.17, 15) is 14.9 Å². The molecule has 1 N–H and O–H groups in total. The van der Waals surface area contributed by atoms with Gasteiger partial charge in [-0.05, 0) is 19.1 Å². The summed E-state index contributed by atoms with van der Waals surface area (Å²) in [7, 11) is 1.81. The van der Waals surface area contributed by atoms with E-state index in [0.717, 1.165) is 11.3 Å². The van der Waals surface area contributed by atoms with Crippen LogP contribution in [0.1, 0.15) is 5.76 Å². The number of carbonyl (C=O) groups is 1. The third-order valence-corrected chi connectivity index (χ3v) is 4.63. The highest BCUT2D eigenvalue weighted by atomic mass is 32.2. The number of nitrogens with one attached hydrogen (secondary N) is 1. The molecule has 26 heavy (non-hydrogen) atoms. The molecule has 0 fully saturated rings. The molecule has 0 bridgehead atoms. The van der Waals surface area contributed by atoms with Gasteiger partial charge >= 0.3 is 0 Å². The lowest BCUT2D eigenvalue weighted by atomic mass is 10.2. The molecule has 10 heteroatoms. The number of nitrogens with zero attached hydrogens (tertiary/aromatic N) is 4. The Balaban J connectivity index is 1.64. The molecule has 3 aromatic rings. The summed E-state index contributed by atoms with van der Waals surface area (Å²) in [6.45, 7) is 1.84. The third-order valence-electron chi connectivity index (χ3n) is 3.61. The molecule has 0 radical (unpaired) electrons. The van der Waals surface area contributed by atoms with Crippen molar-refractivity contribution in [2.24, 2.45) is 7.05 Å². The van der Waals surface area contributed by atoms with Gasteiger partial charge in [0.25, 0.3) is 5.69 Å². The van der Waals surface area contributed by atoms with Crippen LogP contribution in [0.15, 0.2) is 46.2 Å². The van der Waals surface area contributed by atoms with Crippen molar-refractivity contribution in [1.29, 1.82) is 0 Å². The minimum Gasteiger partial charge on any atom is -0.469 e. The molecule has 0 saturated carbocycles. The third kappa shape index (κ3) is 3.75. The predicted octanol–water partition coefficient (Wildman–Crippen LogP) is 3.02. The maximum Gasteiger partial charge on any atom is 0.271 e. The molecule has 3 rings (SSSR count). The highest BCUT2D eigenvalue weighted by molar-refractivity contribution is 7.99. The van der Waals surface area contributed by atoms with Crippen molar-refractivity contribution in [3.05, 3.63) is 52.5 Å². The number of rotatable bonds is 6. The molecule has 0 aliphatic heterocycles. The van der Waals surface area contributed by atoms with Crippen molar-refractivity contribution < 1.29 is 14.1 Å². The summed E-state index contributed by atoms with van der Waals surface area (Å²) in [4.78, 5) is 22.4. The minimum absolute atomic E-state index is 0.0797. The van der Waals surface area contributed by atoms with Gasteiger partial charge in [0, 0.05) is 24.9 Å². The summed E-state index contributed by atoms with van der Waals surface area (Å²) in [5.74, 6) is 1.19. The van der Waals surface area contributed by atoms with Gasteiger partial charge < -0.3 is 14.3 Å². The number of hydrogen-bond donors (Lipinski definition) is 1. The van der Waals surface area contributed by atoms with Crippen molar-refractivity contribution >= 4 is 29.0 Å². The van der Waals surface area contributed by atoms with E-state index in [-0.39, 0.29) is 17.3 Å². The van der Waals surface area contributed by atoms with Crippen LogP contribution >= 0.6 is 11.8 Å². The van der Waals surface area contributed by atoms with Crippen LogP contribution in [0.3, 0.4) is 0 Å². The fourth-order valence-corrected chi connectivity index (χ4v) is 3.03. The zero-order valence-corrected chi connectivity index (χ0v) is 14.8. The quantitative estimate of drug-likeness (QED) is 0.401. The number of carbonyl (C=O) groups excluding carboxylic acids is 1. The minimum atomic E-state index is -0.511. The van der Waals surface area contributed by atoms with Crippen LogP contribution in [0.2, 0.25) is 0 Å². The Morgan fingerprint density at radius 1 is 1.38 bits per heavy atom. The van der Waals surface area contributed by atoms with Gasteiger partial charge in [-0.15, -0.1) is 10.2 Å². The van der Waals surface area contributed by atoms with Crippen LogP contribution < -0.4 is 5.32 Å². The molecule has 0 aliphatic rings. The molecule has 0 spiro atoms. The average molecular weight is 373 g/mol. The normalized spacial score (nSPS) is 10.7. The predicted molar refractivity (Wildman–Crippen MR) is 95.9 cm³/mol. The van der Waals surface area contributed by atoms with Crippen LogP contribution in [0.5, 0.6) is 0 Å². The van der Waals surface area contributed by atoms with Crippen LogP contribution in [-0.2, 0) is 11.8 Å². The van der Waals surface area contributed by atoms with Gasteiger partial charge in [0.05, 0.1) is 22.5 Å². The van der Waals surface area contributed by atoms with E-state index < -0.39 is 4.92 Å². The Morgan fingerprint density at radius 2 is 2.19 bits per heavy atom. The Hall–Kier alpha value is -3.14. The zero-order valence-electron chi connectivity index (χ0n) is 14.0. The molecular weight excluding hydrogens is 358 g/mol. The second kappa shape index (κ2) is 7.40. The first-order chi connectivity index (χ1) is 12.5. The van der Waals surface area contributed by atoms with Crippen molar-refractivity contribution in [1.82, 2.24) is 14.8 Å². The van der Waals surface area contributed by atoms with Crippen molar-refractivity contribution in [2.45, 2.75) is 12.1 Å². The molecule has 134 valence electrons. The van der Waals surface area contributed by atoms with E-state index in [2.05, 4.69) is 15.5 Å². The second-order valence-corrected chi connectivity index (χ2v) is 6.34. The van der Waals surface area contributed by atoms with E-state index >= 15 is 0 Å². The molecule has 2 aromatic heterocycles. The van der Waals surface area contributed by atoms with E-state index in [0.29, 0.717) is 16.7 Å². The molecule has 0 saturated heterocycles. The van der Waals surface area contributed by atoms with E-state index in [1.807, 2.05) is 20.0 Å². The SMILES string of the molecule is Cc1occc1-c1nnc(SCC(=O)Nc2cccc([N+](=O)[O-])c2)n1C. The lowest BCUT2D eigenvalue weighted by molar-refractivity contribution is -0.384. The number of furan rings is 1. The van der Waals surface area contributed by atoms with Crippen LogP contribution in [0.4, 0.5) is 11.4 Å². The number of nitro benzene ring substituents is 1. The van der Waals surface area contributed by atoms with Gasteiger partial charge in [0.2, 0.25) is 5.91 Å². The van der Waals surface area contributed by atoms with Gasteiger partial charge in [-0.25, -0.2) is 0 Å². The Labute approximate surface area is 152 Å². The summed E-state index contributed by atoms with van der Waals surface area (Å²) in [6, 6.07) is 7.59. The Bertz CT molecular complexity index is 965. The van der Waals surface area contributed by atoms with Crippen molar-refractivity contribution in [2.75, 3.05) is 11.1 Å². The molecular formula is C16H15N5O4S. The van der Waals surface area contributed by atoms with Crippen LogP contribution in [-0.4, -0.2) is 31.3 Å². The molecule has 0 atom stereocenters. The number of hydrogen-bond acceptors (Lipinski definition) is 7. The smallest absolute Gasteiger partial charge is 0.271 e. The van der Waals surface area contributed by atoms with Gasteiger partial charge in [-0.3, -0.25) is 14.9 Å². The number of amides is 1. The summed E-state index contributed by atoms with van der Waals surface area (Å²) in [5.41, 5.74) is 1.13. The number of anilines is 1. The molecule has 1 amide bonds. The standard InChI is InChI=1S/C16H15N5O4S/c1-10-13(6-7-25-10)15-18-19-16(20(15)2)26-9-14(22)17-11-4-3-5-12(8-11)21(23)24/h3-8H,9H2,1-2H3,(H,17,22). The Kier molecular flexibility index (Phi) is 5.03.